The molecule has 1 aliphatic heterocycles. The number of nitrogens with one attached hydrogen (secondary N) is 1. The van der Waals surface area contributed by atoms with Gasteiger partial charge in [0, 0.05) is 25.9 Å². The predicted molar refractivity (Wildman–Crippen MR) is 122 cm³/mol. The number of aryl methyl sites for hydroxylation is 1. The standard InChI is InChI=1S/C26H30FN3O2/c27-23-11-4-3-10-22(23)24-18-29-26(32-24)13-12-25(31)28-17-20-8-7-9-21(16-20)19-30-14-5-1-2-6-15-30/h3-4,7-11,16,18H,1-2,5-6,12-15,17,19H2,(H,28,31). The number of aromatic nitrogens is 1. The lowest BCUT2D eigenvalue weighted by Crippen LogP contribution is -2.25. The summed E-state index contributed by atoms with van der Waals surface area (Å²) in [6, 6.07) is 14.8. The van der Waals surface area contributed by atoms with Crippen LogP contribution in [0.4, 0.5) is 4.39 Å². The molecule has 6 heteroatoms. The van der Waals surface area contributed by atoms with E-state index in [4.69, 9.17) is 4.42 Å². The Kier molecular flexibility index (Phi) is 7.67. The van der Waals surface area contributed by atoms with Gasteiger partial charge in [-0.1, -0.05) is 49.2 Å². The Morgan fingerprint density at radius 3 is 2.62 bits per heavy atom. The second-order valence-electron chi connectivity index (χ2n) is 8.39. The molecule has 0 saturated carbocycles. The first-order valence-electron chi connectivity index (χ1n) is 11.4. The van der Waals surface area contributed by atoms with E-state index >= 15 is 0 Å². The summed E-state index contributed by atoms with van der Waals surface area (Å²) in [5, 5.41) is 2.98. The molecule has 0 spiro atoms. The Morgan fingerprint density at radius 1 is 1.03 bits per heavy atom. The van der Waals surface area contributed by atoms with Crippen molar-refractivity contribution >= 4 is 5.91 Å². The van der Waals surface area contributed by atoms with Crippen LogP contribution in [0.25, 0.3) is 11.3 Å². The highest BCUT2D eigenvalue weighted by Gasteiger charge is 2.12. The molecule has 0 radical (unpaired) electrons. The van der Waals surface area contributed by atoms with Crippen molar-refractivity contribution in [1.82, 2.24) is 15.2 Å². The molecule has 32 heavy (non-hydrogen) atoms. The van der Waals surface area contributed by atoms with Gasteiger partial charge in [0.2, 0.25) is 5.91 Å². The molecule has 3 aromatic rings. The number of likely N-dealkylation sites (tertiary alicyclic amines) is 1. The van der Waals surface area contributed by atoms with Gasteiger partial charge in [0.25, 0.3) is 0 Å². The summed E-state index contributed by atoms with van der Waals surface area (Å²) in [4.78, 5) is 19.0. The van der Waals surface area contributed by atoms with Crippen molar-refractivity contribution in [2.75, 3.05) is 13.1 Å². The number of halogens is 1. The van der Waals surface area contributed by atoms with Crippen molar-refractivity contribution in [2.24, 2.45) is 0 Å². The Balaban J connectivity index is 1.24. The van der Waals surface area contributed by atoms with Crippen molar-refractivity contribution in [3.05, 3.63) is 77.6 Å². The van der Waals surface area contributed by atoms with Gasteiger partial charge in [-0.25, -0.2) is 9.37 Å². The van der Waals surface area contributed by atoms with E-state index in [0.717, 1.165) is 12.1 Å². The van der Waals surface area contributed by atoms with Crippen LogP contribution in [0, 0.1) is 5.82 Å². The molecule has 2 aromatic carbocycles. The third kappa shape index (κ3) is 6.26. The third-order valence-corrected chi connectivity index (χ3v) is 5.84. The van der Waals surface area contributed by atoms with Crippen LogP contribution in [0.3, 0.4) is 0 Å². The molecule has 1 saturated heterocycles. The summed E-state index contributed by atoms with van der Waals surface area (Å²) in [5.41, 5.74) is 2.76. The van der Waals surface area contributed by atoms with E-state index in [2.05, 4.69) is 33.4 Å². The molecule has 5 nitrogen and oxygen atoms in total. The zero-order valence-electron chi connectivity index (χ0n) is 18.4. The predicted octanol–water partition coefficient (Wildman–Crippen LogP) is 5.11. The zero-order chi connectivity index (χ0) is 22.2. The van der Waals surface area contributed by atoms with Crippen molar-refractivity contribution in [1.29, 1.82) is 0 Å². The molecular formula is C26H30FN3O2. The summed E-state index contributed by atoms with van der Waals surface area (Å²) in [5.74, 6) is 0.386. The highest BCUT2D eigenvalue weighted by Crippen LogP contribution is 2.23. The Morgan fingerprint density at radius 2 is 1.81 bits per heavy atom. The van der Waals surface area contributed by atoms with Crippen molar-refractivity contribution < 1.29 is 13.6 Å². The quantitative estimate of drug-likeness (QED) is 0.534. The van der Waals surface area contributed by atoms with Crippen LogP contribution < -0.4 is 5.32 Å². The van der Waals surface area contributed by atoms with Crippen molar-refractivity contribution in [3.63, 3.8) is 0 Å². The van der Waals surface area contributed by atoms with E-state index in [9.17, 15) is 9.18 Å². The molecule has 4 rings (SSSR count). The summed E-state index contributed by atoms with van der Waals surface area (Å²) in [6.45, 7) is 3.80. The average Bonchev–Trinajstić information content (AvgIpc) is 3.13. The number of carbonyl (C=O) groups excluding carboxylic acids is 1. The maximum Gasteiger partial charge on any atom is 0.220 e. The van der Waals surface area contributed by atoms with Gasteiger partial charge in [-0.05, 0) is 49.2 Å². The molecular weight excluding hydrogens is 405 g/mol. The Hall–Kier alpha value is -2.99. The van der Waals surface area contributed by atoms with Gasteiger partial charge in [0.1, 0.15) is 5.82 Å². The molecule has 0 atom stereocenters. The second-order valence-corrected chi connectivity index (χ2v) is 8.39. The molecule has 1 aliphatic rings. The van der Waals surface area contributed by atoms with Crippen LogP contribution in [0.5, 0.6) is 0 Å². The Labute approximate surface area is 188 Å². The van der Waals surface area contributed by atoms with Crippen LogP contribution in [-0.2, 0) is 24.3 Å². The molecule has 1 fully saturated rings. The molecule has 0 bridgehead atoms. The third-order valence-electron chi connectivity index (χ3n) is 5.84. The van der Waals surface area contributed by atoms with E-state index in [-0.39, 0.29) is 18.1 Å². The first-order valence-corrected chi connectivity index (χ1v) is 11.4. The van der Waals surface area contributed by atoms with Crippen LogP contribution in [-0.4, -0.2) is 28.9 Å². The van der Waals surface area contributed by atoms with Crippen LogP contribution in [0.15, 0.2) is 59.1 Å². The number of hydrogen-bond acceptors (Lipinski definition) is 4. The second kappa shape index (κ2) is 11.0. The fourth-order valence-corrected chi connectivity index (χ4v) is 4.11. The maximum atomic E-state index is 13.9. The van der Waals surface area contributed by atoms with Crippen molar-refractivity contribution in [2.45, 2.75) is 51.6 Å². The number of oxazole rings is 1. The fourth-order valence-electron chi connectivity index (χ4n) is 4.11. The van der Waals surface area contributed by atoms with Gasteiger partial charge in [-0.2, -0.15) is 0 Å². The zero-order valence-corrected chi connectivity index (χ0v) is 18.4. The average molecular weight is 436 g/mol. The lowest BCUT2D eigenvalue weighted by atomic mass is 10.1. The van der Waals surface area contributed by atoms with Gasteiger partial charge in [0.15, 0.2) is 11.7 Å². The first kappa shape index (κ1) is 22.2. The summed E-state index contributed by atoms with van der Waals surface area (Å²) in [7, 11) is 0. The number of hydrogen-bond donors (Lipinski definition) is 1. The summed E-state index contributed by atoms with van der Waals surface area (Å²) < 4.78 is 19.5. The molecule has 1 N–H and O–H groups in total. The van der Waals surface area contributed by atoms with Gasteiger partial charge in [-0.3, -0.25) is 9.69 Å². The van der Waals surface area contributed by atoms with Gasteiger partial charge in [-0.15, -0.1) is 0 Å². The number of benzene rings is 2. The minimum Gasteiger partial charge on any atom is -0.441 e. The normalized spacial score (nSPS) is 14.8. The van der Waals surface area contributed by atoms with Crippen LogP contribution in [0.2, 0.25) is 0 Å². The minimum absolute atomic E-state index is 0.0615. The molecule has 0 unspecified atom stereocenters. The number of nitrogens with zero attached hydrogens (tertiary/aromatic N) is 2. The van der Waals surface area contributed by atoms with E-state index in [1.807, 2.05) is 6.07 Å². The summed E-state index contributed by atoms with van der Waals surface area (Å²) >= 11 is 0. The van der Waals surface area contributed by atoms with E-state index < -0.39 is 0 Å². The molecule has 1 aromatic heterocycles. The highest BCUT2D eigenvalue weighted by molar-refractivity contribution is 5.76. The van der Waals surface area contributed by atoms with E-state index in [1.54, 1.807) is 18.2 Å². The van der Waals surface area contributed by atoms with Gasteiger partial charge in [0.05, 0.1) is 11.8 Å². The summed E-state index contributed by atoms with van der Waals surface area (Å²) in [6.07, 6.45) is 7.37. The van der Waals surface area contributed by atoms with Crippen LogP contribution in [0.1, 0.15) is 49.1 Å². The maximum absolute atomic E-state index is 13.9. The number of amides is 1. The molecule has 1 amide bonds. The number of carbonyl (C=O) groups is 1. The highest BCUT2D eigenvalue weighted by atomic mass is 19.1. The van der Waals surface area contributed by atoms with Gasteiger partial charge < -0.3 is 9.73 Å². The van der Waals surface area contributed by atoms with Crippen LogP contribution >= 0.6 is 0 Å². The molecule has 2 heterocycles. The molecule has 168 valence electrons. The topological polar surface area (TPSA) is 58.4 Å². The smallest absolute Gasteiger partial charge is 0.220 e. The van der Waals surface area contributed by atoms with Gasteiger partial charge >= 0.3 is 0 Å². The first-order chi connectivity index (χ1) is 15.7. The van der Waals surface area contributed by atoms with E-state index in [1.165, 1.54) is 56.6 Å². The van der Waals surface area contributed by atoms with E-state index in [0.29, 0.717) is 30.2 Å². The monoisotopic (exact) mass is 435 g/mol. The largest absolute Gasteiger partial charge is 0.441 e. The number of rotatable bonds is 8. The molecule has 0 aliphatic carbocycles. The fraction of sp³-hybridized carbons (Fsp3) is 0.385. The minimum atomic E-state index is -0.356. The Bertz CT molecular complexity index is 1030. The SMILES string of the molecule is O=C(CCc1ncc(-c2ccccc2F)o1)NCc1cccc(CN2CCCCCC2)c1. The lowest BCUT2D eigenvalue weighted by Gasteiger charge is -2.20. The van der Waals surface area contributed by atoms with Crippen molar-refractivity contribution in [3.8, 4) is 11.3 Å². The lowest BCUT2D eigenvalue weighted by molar-refractivity contribution is -0.121.